The molecule has 196 valence electrons. The third-order valence-electron chi connectivity index (χ3n) is 6.22. The fourth-order valence-corrected chi connectivity index (χ4v) is 5.20. The lowest BCUT2D eigenvalue weighted by molar-refractivity contribution is -0.145. The Morgan fingerprint density at radius 1 is 1.06 bits per heavy atom. The lowest BCUT2D eigenvalue weighted by Gasteiger charge is -2.31. The molecule has 0 saturated carbocycles. The lowest BCUT2D eigenvalue weighted by Crippen LogP contribution is -2.39. The summed E-state index contributed by atoms with van der Waals surface area (Å²) in [7, 11) is -1.39. The molecule has 1 unspecified atom stereocenters. The molecule has 0 aromatic heterocycles. The van der Waals surface area contributed by atoms with E-state index in [4.69, 9.17) is 9.84 Å². The highest BCUT2D eigenvalue weighted by molar-refractivity contribution is 6.76. The number of carboxylic acid groups (broad SMARTS) is 1. The van der Waals surface area contributed by atoms with Gasteiger partial charge >= 0.3 is 11.9 Å². The van der Waals surface area contributed by atoms with Crippen LogP contribution in [0.3, 0.4) is 0 Å². The minimum atomic E-state index is -1.39. The van der Waals surface area contributed by atoms with E-state index in [1.165, 1.54) is 0 Å². The highest BCUT2D eigenvalue weighted by atomic mass is 28.3. The van der Waals surface area contributed by atoms with Crippen LogP contribution in [0.1, 0.15) is 42.4 Å². The van der Waals surface area contributed by atoms with Crippen LogP contribution in [0.5, 0.6) is 0 Å². The predicted molar refractivity (Wildman–Crippen MR) is 147 cm³/mol. The number of rotatable bonds is 16. The molecule has 7 heteroatoms. The molecular formula is C29H41NO5Si. The molecule has 0 radical (unpaired) electrons. The van der Waals surface area contributed by atoms with Crippen molar-refractivity contribution in [2.75, 3.05) is 6.61 Å². The molecule has 2 atom stereocenters. The number of aliphatic hydroxyl groups is 1. The molecule has 6 nitrogen and oxygen atoms in total. The summed E-state index contributed by atoms with van der Waals surface area (Å²) in [5.74, 6) is -1.17. The zero-order valence-electron chi connectivity index (χ0n) is 21.8. The maximum Gasteiger partial charge on any atom is 0.323 e. The van der Waals surface area contributed by atoms with E-state index in [2.05, 4.69) is 31.5 Å². The van der Waals surface area contributed by atoms with Crippen molar-refractivity contribution in [3.63, 3.8) is 0 Å². The maximum absolute atomic E-state index is 12.6. The fraction of sp³-hybridized carbons (Fsp3) is 0.448. The van der Waals surface area contributed by atoms with E-state index in [1.807, 2.05) is 54.6 Å². The molecule has 0 spiro atoms. The van der Waals surface area contributed by atoms with Crippen LogP contribution in [-0.4, -0.2) is 42.9 Å². The number of nitrogens with one attached hydrogen (secondary N) is 1. The Morgan fingerprint density at radius 2 is 1.72 bits per heavy atom. The fourth-order valence-electron chi connectivity index (χ4n) is 4.03. The third kappa shape index (κ3) is 10.5. The molecule has 2 aromatic carbocycles. The van der Waals surface area contributed by atoms with Crippen LogP contribution in [0.15, 0.2) is 67.3 Å². The van der Waals surface area contributed by atoms with E-state index in [-0.39, 0.29) is 19.0 Å². The topological polar surface area (TPSA) is 95.9 Å². The van der Waals surface area contributed by atoms with Crippen LogP contribution in [0.2, 0.25) is 25.7 Å². The number of ether oxygens (including phenoxy) is 1. The van der Waals surface area contributed by atoms with E-state index < -0.39 is 25.7 Å². The van der Waals surface area contributed by atoms with Gasteiger partial charge in [0.2, 0.25) is 0 Å². The van der Waals surface area contributed by atoms with Crippen LogP contribution in [0.4, 0.5) is 0 Å². The van der Waals surface area contributed by atoms with Crippen LogP contribution in [0.25, 0.3) is 0 Å². The summed E-state index contributed by atoms with van der Waals surface area (Å²) in [6, 6.07) is 18.0. The lowest BCUT2D eigenvalue weighted by atomic mass is 9.85. The summed E-state index contributed by atoms with van der Waals surface area (Å²) in [6.07, 6.45) is 3.56. The smallest absolute Gasteiger partial charge is 0.323 e. The average molecular weight is 512 g/mol. The Hall–Kier alpha value is -2.74. The summed E-state index contributed by atoms with van der Waals surface area (Å²) in [4.78, 5) is 23.6. The zero-order valence-corrected chi connectivity index (χ0v) is 22.8. The monoisotopic (exact) mass is 511 g/mol. The van der Waals surface area contributed by atoms with Crippen LogP contribution in [0, 0.1) is 0 Å². The van der Waals surface area contributed by atoms with Crippen molar-refractivity contribution in [2.24, 2.45) is 0 Å². The first kappa shape index (κ1) is 29.5. The number of benzene rings is 2. The van der Waals surface area contributed by atoms with Crippen molar-refractivity contribution in [1.29, 1.82) is 0 Å². The van der Waals surface area contributed by atoms with Gasteiger partial charge in [0.1, 0.15) is 12.6 Å². The van der Waals surface area contributed by atoms with Gasteiger partial charge in [-0.25, -0.2) is 0 Å². The summed E-state index contributed by atoms with van der Waals surface area (Å²) in [5.41, 5.74) is 1.77. The normalized spacial score (nSPS) is 14.0. The highest BCUT2D eigenvalue weighted by Gasteiger charge is 2.31. The second-order valence-corrected chi connectivity index (χ2v) is 16.2. The Bertz CT molecular complexity index is 971. The van der Waals surface area contributed by atoms with Gasteiger partial charge in [-0.2, -0.15) is 0 Å². The molecule has 0 aliphatic rings. The average Bonchev–Trinajstić information content (AvgIpc) is 2.84. The first-order valence-electron chi connectivity index (χ1n) is 12.6. The second kappa shape index (κ2) is 14.1. The van der Waals surface area contributed by atoms with E-state index in [1.54, 1.807) is 6.08 Å². The van der Waals surface area contributed by atoms with E-state index in [9.17, 15) is 14.7 Å². The number of hydrogen-bond acceptors (Lipinski definition) is 5. The van der Waals surface area contributed by atoms with Crippen LogP contribution in [-0.2, 0) is 32.9 Å². The standard InChI is InChI=1S/C29H41NO5Si/c1-5-19-35-28(33)26(21-23-10-7-6-8-11-23)30-22-24-13-15-25(16-14-24)29(34,17-9-12-27(31)32)18-20-36(2,3)4/h5-8,10-11,13-16,26,30,34H,1,9,12,17-22H2,2-4H3,(H,31,32)/t26-,29?/m0/s1. The van der Waals surface area contributed by atoms with Gasteiger partial charge in [-0.05, 0) is 42.4 Å². The second-order valence-electron chi connectivity index (χ2n) is 10.6. The molecular weight excluding hydrogens is 470 g/mol. The van der Waals surface area contributed by atoms with Gasteiger partial charge in [-0.15, -0.1) is 0 Å². The van der Waals surface area contributed by atoms with Crippen LogP contribution >= 0.6 is 0 Å². The van der Waals surface area contributed by atoms with Gasteiger partial charge in [0.25, 0.3) is 0 Å². The number of hydrogen-bond donors (Lipinski definition) is 3. The molecule has 2 rings (SSSR count). The van der Waals surface area contributed by atoms with Gasteiger partial charge in [-0.1, -0.05) is 92.9 Å². The zero-order chi connectivity index (χ0) is 26.6. The first-order chi connectivity index (χ1) is 17.0. The van der Waals surface area contributed by atoms with Crippen molar-refractivity contribution in [3.05, 3.63) is 83.9 Å². The van der Waals surface area contributed by atoms with Crippen molar-refractivity contribution in [1.82, 2.24) is 5.32 Å². The maximum atomic E-state index is 12.6. The van der Waals surface area contributed by atoms with Crippen molar-refractivity contribution < 1.29 is 24.5 Å². The van der Waals surface area contributed by atoms with Gasteiger partial charge < -0.3 is 20.3 Å². The van der Waals surface area contributed by atoms with Crippen molar-refractivity contribution in [2.45, 2.75) is 76.0 Å². The van der Waals surface area contributed by atoms with Crippen LogP contribution < -0.4 is 5.32 Å². The Morgan fingerprint density at radius 3 is 2.31 bits per heavy atom. The highest BCUT2D eigenvalue weighted by Crippen LogP contribution is 2.34. The minimum absolute atomic E-state index is 0.0437. The molecule has 0 aliphatic heterocycles. The Kier molecular flexibility index (Phi) is 11.6. The van der Waals surface area contributed by atoms with Gasteiger partial charge in [0, 0.05) is 21.0 Å². The van der Waals surface area contributed by atoms with Gasteiger partial charge in [0.05, 0.1) is 5.60 Å². The summed E-state index contributed by atoms with van der Waals surface area (Å²) < 4.78 is 5.30. The number of carbonyl (C=O) groups excluding carboxylic acids is 1. The van der Waals surface area contributed by atoms with E-state index in [0.717, 1.165) is 22.7 Å². The molecule has 0 fully saturated rings. The number of aliphatic carboxylic acids is 1. The Labute approximate surface area is 216 Å². The predicted octanol–water partition coefficient (Wildman–Crippen LogP) is 5.29. The van der Waals surface area contributed by atoms with Crippen molar-refractivity contribution >= 4 is 20.0 Å². The number of esters is 1. The molecule has 3 N–H and O–H groups in total. The largest absolute Gasteiger partial charge is 0.481 e. The molecule has 2 aromatic rings. The molecule has 0 aliphatic carbocycles. The molecule has 0 bridgehead atoms. The van der Waals surface area contributed by atoms with Gasteiger partial charge in [-0.3, -0.25) is 9.59 Å². The molecule has 36 heavy (non-hydrogen) atoms. The number of carboxylic acids is 1. The van der Waals surface area contributed by atoms with Gasteiger partial charge in [0.15, 0.2) is 0 Å². The SMILES string of the molecule is C=CCOC(=O)[C@H](Cc1ccccc1)NCc1ccc(C(O)(CCCC(=O)O)CC[Si](C)(C)C)cc1. The molecule has 0 saturated heterocycles. The summed E-state index contributed by atoms with van der Waals surface area (Å²) in [5, 5.41) is 23.9. The minimum Gasteiger partial charge on any atom is -0.481 e. The van der Waals surface area contributed by atoms with E-state index >= 15 is 0 Å². The first-order valence-corrected chi connectivity index (χ1v) is 16.3. The Balaban J connectivity index is 2.11. The molecule has 0 amide bonds. The van der Waals surface area contributed by atoms with E-state index in [0.29, 0.717) is 32.2 Å². The quantitative estimate of drug-likeness (QED) is 0.161. The summed E-state index contributed by atoms with van der Waals surface area (Å²) in [6.45, 7) is 11.0. The third-order valence-corrected chi connectivity index (χ3v) is 7.97. The van der Waals surface area contributed by atoms with Crippen molar-refractivity contribution in [3.8, 4) is 0 Å². The molecule has 0 heterocycles. The summed E-state index contributed by atoms with van der Waals surface area (Å²) >= 11 is 0. The number of carbonyl (C=O) groups is 2.